The van der Waals surface area contributed by atoms with E-state index in [0.29, 0.717) is 17.0 Å². The molecular formula is C19H26ClN3O5. The first-order valence-electron chi connectivity index (χ1n) is 8.92. The van der Waals surface area contributed by atoms with E-state index in [1.165, 1.54) is 12.1 Å². The predicted octanol–water partition coefficient (Wildman–Crippen LogP) is 2.26. The van der Waals surface area contributed by atoms with E-state index in [4.69, 9.17) is 16.3 Å². The van der Waals surface area contributed by atoms with Crippen molar-refractivity contribution < 1.29 is 23.9 Å². The molecule has 154 valence electrons. The van der Waals surface area contributed by atoms with E-state index in [1.807, 2.05) is 13.8 Å². The molecule has 0 fully saturated rings. The van der Waals surface area contributed by atoms with Gasteiger partial charge in [0.05, 0.1) is 0 Å². The number of esters is 1. The number of rotatable bonds is 8. The molecule has 0 aliphatic rings. The molecule has 3 N–H and O–H groups in total. The Labute approximate surface area is 169 Å². The maximum absolute atomic E-state index is 12.3. The molecule has 4 amide bonds. The Balaban J connectivity index is 2.64. The molecule has 0 radical (unpaired) electrons. The summed E-state index contributed by atoms with van der Waals surface area (Å²) in [5.41, 5.74) is 0.342. The van der Waals surface area contributed by atoms with Crippen LogP contribution >= 0.6 is 11.6 Å². The lowest BCUT2D eigenvalue weighted by atomic mass is 10.0. The highest BCUT2D eigenvalue weighted by Crippen LogP contribution is 2.11. The number of hydrogen-bond donors (Lipinski definition) is 3. The Bertz CT molecular complexity index is 704. The number of halogens is 1. The number of hydrogen-bond acceptors (Lipinski definition) is 5. The monoisotopic (exact) mass is 411 g/mol. The summed E-state index contributed by atoms with van der Waals surface area (Å²) < 4.78 is 4.96. The summed E-state index contributed by atoms with van der Waals surface area (Å²) >= 11 is 5.80. The molecule has 0 aliphatic heterocycles. The van der Waals surface area contributed by atoms with Gasteiger partial charge in [-0.1, -0.05) is 25.4 Å². The lowest BCUT2D eigenvalue weighted by Crippen LogP contribution is -2.46. The number of carbonyl (C=O) groups excluding carboxylic acids is 4. The highest BCUT2D eigenvalue weighted by Gasteiger charge is 2.25. The van der Waals surface area contributed by atoms with Crippen LogP contribution in [-0.4, -0.2) is 42.5 Å². The number of nitrogens with one attached hydrogen (secondary N) is 3. The molecule has 28 heavy (non-hydrogen) atoms. The van der Waals surface area contributed by atoms with E-state index in [1.54, 1.807) is 26.0 Å². The number of ether oxygens (including phenoxy) is 1. The first-order chi connectivity index (χ1) is 13.1. The molecule has 0 saturated heterocycles. The molecule has 9 heteroatoms. The smallest absolute Gasteiger partial charge is 0.329 e. The average molecular weight is 412 g/mol. The van der Waals surface area contributed by atoms with E-state index in [0.717, 1.165) is 0 Å². The third-order valence-corrected chi connectivity index (χ3v) is 3.67. The Hall–Kier alpha value is -2.61. The van der Waals surface area contributed by atoms with Crippen molar-refractivity contribution in [2.24, 2.45) is 5.92 Å². The molecule has 0 heterocycles. The number of amides is 4. The number of benzene rings is 1. The summed E-state index contributed by atoms with van der Waals surface area (Å²) in [4.78, 5) is 47.8. The summed E-state index contributed by atoms with van der Waals surface area (Å²) in [6.45, 7) is 6.62. The van der Waals surface area contributed by atoms with Crippen molar-refractivity contribution in [3.63, 3.8) is 0 Å². The van der Waals surface area contributed by atoms with Crippen LogP contribution in [-0.2, 0) is 14.3 Å². The second-order valence-corrected chi connectivity index (χ2v) is 7.38. The van der Waals surface area contributed by atoms with Gasteiger partial charge < -0.3 is 15.4 Å². The van der Waals surface area contributed by atoms with Gasteiger partial charge in [-0.2, -0.15) is 0 Å². The van der Waals surface area contributed by atoms with Gasteiger partial charge in [-0.3, -0.25) is 14.9 Å². The molecule has 0 aliphatic carbocycles. The SMILES string of the molecule is CC(C)C[C@@H](NC(=O)c1ccc(Cl)cc1)C(=O)OCC(=O)NC(=O)NC(C)C. The Morgan fingerprint density at radius 2 is 1.61 bits per heavy atom. The minimum absolute atomic E-state index is 0.0914. The van der Waals surface area contributed by atoms with Crippen molar-refractivity contribution in [1.29, 1.82) is 0 Å². The van der Waals surface area contributed by atoms with Crippen molar-refractivity contribution in [1.82, 2.24) is 16.0 Å². The molecular weight excluding hydrogens is 386 g/mol. The van der Waals surface area contributed by atoms with E-state index >= 15 is 0 Å². The second-order valence-electron chi connectivity index (χ2n) is 6.95. The standard InChI is InChI=1S/C19H26ClN3O5/c1-11(2)9-15(22-17(25)13-5-7-14(20)8-6-13)18(26)28-10-16(24)23-19(27)21-12(3)4/h5-8,11-12,15H,9-10H2,1-4H3,(H,22,25)(H2,21,23,24,27)/t15-/m1/s1. The van der Waals surface area contributed by atoms with Crippen LogP contribution in [0.5, 0.6) is 0 Å². The molecule has 0 spiro atoms. The highest BCUT2D eigenvalue weighted by molar-refractivity contribution is 6.30. The highest BCUT2D eigenvalue weighted by atomic mass is 35.5. The van der Waals surface area contributed by atoms with Crippen LogP contribution < -0.4 is 16.0 Å². The van der Waals surface area contributed by atoms with Gasteiger partial charge in [0.1, 0.15) is 6.04 Å². The van der Waals surface area contributed by atoms with Crippen LogP contribution in [0.4, 0.5) is 4.79 Å². The Morgan fingerprint density at radius 1 is 1.00 bits per heavy atom. The minimum Gasteiger partial charge on any atom is -0.454 e. The maximum atomic E-state index is 12.3. The van der Waals surface area contributed by atoms with Crippen LogP contribution in [0.3, 0.4) is 0 Å². The van der Waals surface area contributed by atoms with Gasteiger partial charge in [-0.25, -0.2) is 9.59 Å². The fourth-order valence-corrected chi connectivity index (χ4v) is 2.35. The zero-order valence-electron chi connectivity index (χ0n) is 16.4. The van der Waals surface area contributed by atoms with Crippen molar-refractivity contribution in [3.05, 3.63) is 34.9 Å². The zero-order valence-corrected chi connectivity index (χ0v) is 17.1. The third kappa shape index (κ3) is 8.85. The zero-order chi connectivity index (χ0) is 21.3. The van der Waals surface area contributed by atoms with Crippen molar-refractivity contribution in [2.75, 3.05) is 6.61 Å². The van der Waals surface area contributed by atoms with Crippen molar-refractivity contribution >= 4 is 35.4 Å². The minimum atomic E-state index is -0.930. The Kier molecular flexibility index (Phi) is 9.44. The van der Waals surface area contributed by atoms with Crippen LogP contribution in [0.15, 0.2) is 24.3 Å². The van der Waals surface area contributed by atoms with Gasteiger partial charge in [0.25, 0.3) is 11.8 Å². The third-order valence-electron chi connectivity index (χ3n) is 3.42. The summed E-state index contributed by atoms with van der Waals surface area (Å²) in [6.07, 6.45) is 0.327. The van der Waals surface area contributed by atoms with E-state index in [-0.39, 0.29) is 12.0 Å². The lowest BCUT2D eigenvalue weighted by molar-refractivity contribution is -0.150. The molecule has 8 nitrogen and oxygen atoms in total. The topological polar surface area (TPSA) is 114 Å². The van der Waals surface area contributed by atoms with Gasteiger partial charge in [0.15, 0.2) is 6.61 Å². The molecule has 1 aromatic rings. The van der Waals surface area contributed by atoms with Gasteiger partial charge in [-0.05, 0) is 50.5 Å². The van der Waals surface area contributed by atoms with Gasteiger partial charge >= 0.3 is 12.0 Å². The van der Waals surface area contributed by atoms with Gasteiger partial charge in [-0.15, -0.1) is 0 Å². The summed E-state index contributed by atoms with van der Waals surface area (Å²) in [5.74, 6) is -1.89. The fraction of sp³-hybridized carbons (Fsp3) is 0.474. The van der Waals surface area contributed by atoms with Crippen LogP contribution in [0, 0.1) is 5.92 Å². The number of carbonyl (C=O) groups is 4. The number of imide groups is 1. The molecule has 0 saturated carbocycles. The van der Waals surface area contributed by atoms with Gasteiger partial charge in [0, 0.05) is 16.6 Å². The maximum Gasteiger partial charge on any atom is 0.329 e. The molecule has 1 rings (SSSR count). The van der Waals surface area contributed by atoms with Gasteiger partial charge in [0.2, 0.25) is 0 Å². The van der Waals surface area contributed by atoms with Crippen LogP contribution in [0.1, 0.15) is 44.5 Å². The lowest BCUT2D eigenvalue weighted by Gasteiger charge is -2.19. The summed E-state index contributed by atoms with van der Waals surface area (Å²) in [6, 6.07) is 4.46. The van der Waals surface area contributed by atoms with Crippen molar-refractivity contribution in [3.8, 4) is 0 Å². The van der Waals surface area contributed by atoms with Crippen LogP contribution in [0.2, 0.25) is 5.02 Å². The molecule has 0 aromatic heterocycles. The van der Waals surface area contributed by atoms with Crippen molar-refractivity contribution in [2.45, 2.75) is 46.2 Å². The molecule has 0 unspecified atom stereocenters. The quantitative estimate of drug-likeness (QED) is 0.568. The second kappa shape index (κ2) is 11.3. The largest absolute Gasteiger partial charge is 0.454 e. The fourth-order valence-electron chi connectivity index (χ4n) is 2.23. The van der Waals surface area contributed by atoms with E-state index in [9.17, 15) is 19.2 Å². The first-order valence-corrected chi connectivity index (χ1v) is 9.29. The van der Waals surface area contributed by atoms with Crippen LogP contribution in [0.25, 0.3) is 0 Å². The molecule has 0 bridgehead atoms. The first kappa shape index (κ1) is 23.4. The number of urea groups is 1. The predicted molar refractivity (Wildman–Crippen MR) is 105 cm³/mol. The summed E-state index contributed by atoms with van der Waals surface area (Å²) in [7, 11) is 0. The summed E-state index contributed by atoms with van der Waals surface area (Å²) in [5, 5.41) is 7.63. The molecule has 1 atom stereocenters. The molecule has 1 aromatic carbocycles. The normalized spacial score (nSPS) is 11.7. The average Bonchev–Trinajstić information content (AvgIpc) is 2.58. The Morgan fingerprint density at radius 3 is 2.14 bits per heavy atom. The van der Waals surface area contributed by atoms with E-state index < -0.39 is 36.5 Å². The van der Waals surface area contributed by atoms with E-state index in [2.05, 4.69) is 16.0 Å².